The molecule has 320 valence electrons. The van der Waals surface area contributed by atoms with Gasteiger partial charge in [-0.2, -0.15) is 0 Å². The maximum absolute atomic E-state index is 12.5. The Bertz CT molecular complexity index is 817. The summed E-state index contributed by atoms with van der Waals surface area (Å²) in [4.78, 5) is 12.5. The Morgan fingerprint density at radius 2 is 0.778 bits per heavy atom. The maximum atomic E-state index is 12.5. The van der Waals surface area contributed by atoms with Gasteiger partial charge in [-0.15, -0.1) is 0 Å². The molecule has 6 nitrogen and oxygen atoms in total. The fourth-order valence-corrected chi connectivity index (χ4v) is 7.36. The lowest BCUT2D eigenvalue weighted by Gasteiger charge is -2.27. The third-order valence-electron chi connectivity index (χ3n) is 11.1. The predicted octanol–water partition coefficient (Wildman–Crippen LogP) is 12.7. The van der Waals surface area contributed by atoms with Crippen LogP contribution in [-0.2, 0) is 4.79 Å². The minimum atomic E-state index is -1.29. The number of amides is 1. The molecule has 5 N–H and O–H groups in total. The average Bonchev–Trinajstić information content (AvgIpc) is 3.18. The first-order valence-electron chi connectivity index (χ1n) is 23.7. The van der Waals surface area contributed by atoms with E-state index in [1.807, 2.05) is 0 Å². The van der Waals surface area contributed by atoms with Crippen LogP contribution in [0.15, 0.2) is 24.3 Å². The Morgan fingerprint density at radius 3 is 1.17 bits per heavy atom. The van der Waals surface area contributed by atoms with Gasteiger partial charge in [0.25, 0.3) is 0 Å². The molecule has 1 amide bonds. The van der Waals surface area contributed by atoms with Gasteiger partial charge in [0, 0.05) is 0 Å². The van der Waals surface area contributed by atoms with E-state index in [9.17, 15) is 25.2 Å². The molecule has 0 saturated heterocycles. The minimum absolute atomic E-state index is 0.364. The van der Waals surface area contributed by atoms with Gasteiger partial charge in [-0.05, 0) is 51.4 Å². The molecule has 0 aromatic rings. The van der Waals surface area contributed by atoms with Gasteiger partial charge in [-0.25, -0.2) is 0 Å². The summed E-state index contributed by atoms with van der Waals surface area (Å²) < 4.78 is 0. The molecule has 54 heavy (non-hydrogen) atoms. The first kappa shape index (κ1) is 52.8. The summed E-state index contributed by atoms with van der Waals surface area (Å²) in [6.45, 7) is 4.01. The molecule has 0 aromatic carbocycles. The van der Waals surface area contributed by atoms with E-state index in [1.54, 1.807) is 0 Å². The van der Waals surface area contributed by atoms with Crippen molar-refractivity contribution in [3.63, 3.8) is 0 Å². The number of unbranched alkanes of at least 4 members (excludes halogenated alkanes) is 30. The largest absolute Gasteiger partial charge is 0.394 e. The summed E-state index contributed by atoms with van der Waals surface area (Å²) in [7, 11) is 0. The highest BCUT2D eigenvalue weighted by molar-refractivity contribution is 5.80. The predicted molar refractivity (Wildman–Crippen MR) is 233 cm³/mol. The van der Waals surface area contributed by atoms with Crippen molar-refractivity contribution in [2.75, 3.05) is 6.61 Å². The number of hydrogen-bond donors (Lipinski definition) is 5. The van der Waals surface area contributed by atoms with E-state index >= 15 is 0 Å². The van der Waals surface area contributed by atoms with E-state index in [2.05, 4.69) is 43.5 Å². The van der Waals surface area contributed by atoms with Gasteiger partial charge in [0.1, 0.15) is 12.2 Å². The number of carbonyl (C=O) groups is 1. The molecule has 0 aliphatic carbocycles. The van der Waals surface area contributed by atoms with Crippen LogP contribution in [-0.4, -0.2) is 57.3 Å². The molecule has 0 radical (unpaired) electrons. The van der Waals surface area contributed by atoms with E-state index in [0.29, 0.717) is 19.3 Å². The van der Waals surface area contributed by atoms with Crippen molar-refractivity contribution in [1.29, 1.82) is 0 Å². The van der Waals surface area contributed by atoms with Crippen molar-refractivity contribution in [2.45, 2.75) is 269 Å². The molecule has 0 bridgehead atoms. The van der Waals surface area contributed by atoms with Crippen LogP contribution in [0.4, 0.5) is 0 Å². The SMILES string of the molecule is CCCCC/C=C/CC/C=C/CCCC(O)C(O)C(CO)NC(=O)C(O)CCCCCCCCCCCCCCCCCCCCCCCCCCCC. The Balaban J connectivity index is 3.63. The molecule has 0 heterocycles. The summed E-state index contributed by atoms with van der Waals surface area (Å²) in [6, 6.07) is -1.00. The number of carbonyl (C=O) groups excluding carboxylic acids is 1. The van der Waals surface area contributed by atoms with Crippen LogP contribution in [0.3, 0.4) is 0 Å². The summed E-state index contributed by atoms with van der Waals surface area (Å²) in [5.74, 6) is -0.595. The first-order valence-corrected chi connectivity index (χ1v) is 23.7. The van der Waals surface area contributed by atoms with Crippen LogP contribution >= 0.6 is 0 Å². The van der Waals surface area contributed by atoms with E-state index in [4.69, 9.17) is 0 Å². The average molecular weight is 764 g/mol. The molecule has 4 atom stereocenters. The lowest BCUT2D eigenvalue weighted by atomic mass is 10.00. The zero-order valence-corrected chi connectivity index (χ0v) is 36.0. The molecule has 0 aromatic heterocycles. The fourth-order valence-electron chi connectivity index (χ4n) is 7.36. The summed E-state index contributed by atoms with van der Waals surface area (Å²) >= 11 is 0. The number of rotatable bonds is 43. The second kappa shape index (κ2) is 42.9. The van der Waals surface area contributed by atoms with Crippen LogP contribution in [0.1, 0.15) is 245 Å². The van der Waals surface area contributed by atoms with Crippen LogP contribution in [0.2, 0.25) is 0 Å². The summed E-state index contributed by atoms with van der Waals surface area (Å²) in [5, 5.41) is 43.6. The quantitative estimate of drug-likeness (QED) is 0.0314. The lowest BCUT2D eigenvalue weighted by molar-refractivity contribution is -0.132. The zero-order valence-electron chi connectivity index (χ0n) is 36.0. The van der Waals surface area contributed by atoms with Gasteiger partial charge in [0.05, 0.1) is 18.8 Å². The minimum Gasteiger partial charge on any atom is -0.394 e. The molecule has 0 aliphatic heterocycles. The third-order valence-corrected chi connectivity index (χ3v) is 11.1. The van der Waals surface area contributed by atoms with Crippen molar-refractivity contribution in [3.05, 3.63) is 24.3 Å². The van der Waals surface area contributed by atoms with Gasteiger partial charge >= 0.3 is 0 Å². The zero-order chi connectivity index (χ0) is 39.6. The van der Waals surface area contributed by atoms with Crippen LogP contribution < -0.4 is 5.32 Å². The lowest BCUT2D eigenvalue weighted by Crippen LogP contribution is -2.53. The van der Waals surface area contributed by atoms with E-state index in [0.717, 1.165) is 44.9 Å². The standard InChI is InChI=1S/C48H93NO5/c1-3-5-7-9-11-13-15-17-18-19-20-21-22-23-24-25-26-27-28-29-30-32-34-36-38-40-42-46(52)48(54)49-44(43-50)47(53)45(51)41-39-37-35-33-31-16-14-12-10-8-6-4-2/h12,14,33,35,44-47,50-53H,3-11,13,15-32,34,36-43H2,1-2H3,(H,49,54)/b14-12+,35-33+. The first-order chi connectivity index (χ1) is 26.5. The van der Waals surface area contributed by atoms with Crippen molar-refractivity contribution >= 4 is 5.91 Å². The molecule has 0 saturated carbocycles. The smallest absolute Gasteiger partial charge is 0.249 e. The Kier molecular flexibility index (Phi) is 42.0. The van der Waals surface area contributed by atoms with E-state index in [-0.39, 0.29) is 0 Å². The highest BCUT2D eigenvalue weighted by Crippen LogP contribution is 2.17. The van der Waals surface area contributed by atoms with Gasteiger partial charge in [-0.3, -0.25) is 4.79 Å². The van der Waals surface area contributed by atoms with Gasteiger partial charge in [0.2, 0.25) is 5.91 Å². The fraction of sp³-hybridized carbons (Fsp3) is 0.896. The summed E-state index contributed by atoms with van der Waals surface area (Å²) in [5.41, 5.74) is 0. The Hall–Kier alpha value is -1.21. The third kappa shape index (κ3) is 36.4. The molecular weight excluding hydrogens is 671 g/mol. The monoisotopic (exact) mass is 764 g/mol. The van der Waals surface area contributed by atoms with Crippen LogP contribution in [0, 0.1) is 0 Å². The summed E-state index contributed by atoms with van der Waals surface area (Å²) in [6.07, 6.45) is 49.5. The molecule has 6 heteroatoms. The van der Waals surface area contributed by atoms with Crippen molar-refractivity contribution in [1.82, 2.24) is 5.32 Å². The van der Waals surface area contributed by atoms with Crippen LogP contribution in [0.25, 0.3) is 0 Å². The number of aliphatic hydroxyl groups excluding tert-OH is 4. The molecule has 4 unspecified atom stereocenters. The van der Waals surface area contributed by atoms with Crippen molar-refractivity contribution in [3.8, 4) is 0 Å². The van der Waals surface area contributed by atoms with Crippen LogP contribution in [0.5, 0.6) is 0 Å². The molecule has 0 aliphatic rings. The molecular formula is C48H93NO5. The molecule has 0 rings (SSSR count). The Morgan fingerprint density at radius 1 is 0.444 bits per heavy atom. The van der Waals surface area contributed by atoms with Gasteiger partial charge in [0.15, 0.2) is 0 Å². The number of hydrogen-bond acceptors (Lipinski definition) is 5. The second-order valence-corrected chi connectivity index (χ2v) is 16.4. The highest BCUT2D eigenvalue weighted by Gasteiger charge is 2.28. The highest BCUT2D eigenvalue weighted by atomic mass is 16.3. The normalized spacial score (nSPS) is 14.3. The molecule has 0 spiro atoms. The van der Waals surface area contributed by atoms with E-state index < -0.39 is 36.9 Å². The van der Waals surface area contributed by atoms with Crippen molar-refractivity contribution in [2.24, 2.45) is 0 Å². The maximum Gasteiger partial charge on any atom is 0.249 e. The number of nitrogens with one attached hydrogen (secondary N) is 1. The van der Waals surface area contributed by atoms with Gasteiger partial charge < -0.3 is 25.7 Å². The second-order valence-electron chi connectivity index (χ2n) is 16.4. The number of aliphatic hydroxyl groups is 4. The molecule has 0 fully saturated rings. The van der Waals surface area contributed by atoms with Gasteiger partial charge in [-0.1, -0.05) is 218 Å². The van der Waals surface area contributed by atoms with Crippen molar-refractivity contribution < 1.29 is 25.2 Å². The Labute approximate surface area is 335 Å². The van der Waals surface area contributed by atoms with E-state index in [1.165, 1.54) is 167 Å². The number of allylic oxidation sites excluding steroid dienone is 4. The topological polar surface area (TPSA) is 110 Å².